The van der Waals surface area contributed by atoms with E-state index in [1.54, 1.807) is 0 Å². The van der Waals surface area contributed by atoms with E-state index < -0.39 is 0 Å². The number of para-hydroxylation sites is 1. The van der Waals surface area contributed by atoms with Gasteiger partial charge in [0, 0.05) is 17.4 Å². The average molecular weight is 356 g/mol. The molecule has 0 unspecified atom stereocenters. The first-order chi connectivity index (χ1) is 13.3. The van der Waals surface area contributed by atoms with Crippen LogP contribution in [0.2, 0.25) is 0 Å². The fraction of sp³-hybridized carbons (Fsp3) is 0.174. The SMILES string of the molecule is O=C1Oc2ccccc2[C@@H]2c3ccccc3[C@H](c3ccc4c(c3)OCO4)[C@@H]12. The molecule has 3 atom stereocenters. The monoisotopic (exact) mass is 356 g/mol. The largest absolute Gasteiger partial charge is 0.454 e. The van der Waals surface area contributed by atoms with Gasteiger partial charge in [-0.2, -0.15) is 0 Å². The van der Waals surface area contributed by atoms with E-state index in [-0.39, 0.29) is 30.5 Å². The number of fused-ring (bicyclic) bond motifs is 6. The van der Waals surface area contributed by atoms with Crippen LogP contribution in [0.15, 0.2) is 66.7 Å². The van der Waals surface area contributed by atoms with Gasteiger partial charge in [-0.15, -0.1) is 0 Å². The molecule has 6 rings (SSSR count). The van der Waals surface area contributed by atoms with Gasteiger partial charge in [0.1, 0.15) is 5.75 Å². The Balaban J connectivity index is 1.57. The third kappa shape index (κ3) is 2.01. The van der Waals surface area contributed by atoms with Crippen molar-refractivity contribution < 1.29 is 19.0 Å². The van der Waals surface area contributed by atoms with E-state index in [0.29, 0.717) is 5.75 Å². The molecule has 132 valence electrons. The van der Waals surface area contributed by atoms with Crippen molar-refractivity contribution in [3.63, 3.8) is 0 Å². The van der Waals surface area contributed by atoms with Gasteiger partial charge in [-0.25, -0.2) is 0 Å². The van der Waals surface area contributed by atoms with E-state index in [2.05, 4.69) is 18.2 Å². The van der Waals surface area contributed by atoms with Crippen LogP contribution in [-0.2, 0) is 4.79 Å². The van der Waals surface area contributed by atoms with Crippen LogP contribution in [-0.4, -0.2) is 12.8 Å². The summed E-state index contributed by atoms with van der Waals surface area (Å²) in [4.78, 5) is 13.0. The summed E-state index contributed by atoms with van der Waals surface area (Å²) >= 11 is 0. The fourth-order valence-electron chi connectivity index (χ4n) is 4.79. The van der Waals surface area contributed by atoms with Crippen molar-refractivity contribution in [2.45, 2.75) is 11.8 Å². The second kappa shape index (κ2) is 5.36. The van der Waals surface area contributed by atoms with Crippen LogP contribution in [0.25, 0.3) is 0 Å². The molecule has 0 N–H and O–H groups in total. The maximum absolute atomic E-state index is 13.0. The quantitative estimate of drug-likeness (QED) is 0.484. The second-order valence-corrected chi connectivity index (χ2v) is 7.18. The number of hydrogen-bond donors (Lipinski definition) is 0. The van der Waals surface area contributed by atoms with Gasteiger partial charge in [0.2, 0.25) is 6.79 Å². The fourth-order valence-corrected chi connectivity index (χ4v) is 4.79. The third-order valence-corrected chi connectivity index (χ3v) is 5.88. The smallest absolute Gasteiger partial charge is 0.316 e. The molecule has 1 aliphatic carbocycles. The summed E-state index contributed by atoms with van der Waals surface area (Å²) in [6.45, 7) is 0.238. The Hall–Kier alpha value is -3.27. The first-order valence-electron chi connectivity index (χ1n) is 9.10. The van der Waals surface area contributed by atoms with Crippen LogP contribution in [0.1, 0.15) is 34.1 Å². The van der Waals surface area contributed by atoms with Crippen LogP contribution in [0, 0.1) is 5.92 Å². The van der Waals surface area contributed by atoms with E-state index in [1.165, 1.54) is 11.1 Å². The van der Waals surface area contributed by atoms with Gasteiger partial charge >= 0.3 is 5.97 Å². The lowest BCUT2D eigenvalue weighted by Crippen LogP contribution is -2.32. The number of ether oxygens (including phenoxy) is 3. The Kier molecular flexibility index (Phi) is 2.95. The van der Waals surface area contributed by atoms with Crippen molar-refractivity contribution in [2.24, 2.45) is 5.92 Å². The molecule has 2 aliphatic heterocycles. The number of carbonyl (C=O) groups is 1. The zero-order valence-electron chi connectivity index (χ0n) is 14.4. The molecule has 4 heteroatoms. The van der Waals surface area contributed by atoms with E-state index in [1.807, 2.05) is 48.5 Å². The second-order valence-electron chi connectivity index (χ2n) is 7.18. The normalized spacial score (nSPS) is 24.0. The summed E-state index contributed by atoms with van der Waals surface area (Å²) in [5, 5.41) is 0. The summed E-state index contributed by atoms with van der Waals surface area (Å²) in [7, 11) is 0. The summed E-state index contributed by atoms with van der Waals surface area (Å²) < 4.78 is 16.7. The Morgan fingerprint density at radius 2 is 1.41 bits per heavy atom. The van der Waals surface area contributed by atoms with Crippen molar-refractivity contribution in [2.75, 3.05) is 6.79 Å². The lowest BCUT2D eigenvalue weighted by molar-refractivity contribution is -0.140. The van der Waals surface area contributed by atoms with Crippen LogP contribution in [0.4, 0.5) is 0 Å². The Labute approximate surface area is 156 Å². The average Bonchev–Trinajstić information content (AvgIpc) is 3.30. The first-order valence-corrected chi connectivity index (χ1v) is 9.10. The molecule has 3 aromatic rings. The molecule has 2 heterocycles. The maximum Gasteiger partial charge on any atom is 0.316 e. The van der Waals surface area contributed by atoms with Gasteiger partial charge in [0.15, 0.2) is 11.5 Å². The Bertz CT molecular complexity index is 1090. The highest BCUT2D eigenvalue weighted by atomic mass is 16.7. The lowest BCUT2D eigenvalue weighted by Gasteiger charge is -2.30. The molecular formula is C23H16O4. The predicted octanol–water partition coefficient (Wildman–Crippen LogP) is 4.23. The van der Waals surface area contributed by atoms with Gasteiger partial charge in [0.25, 0.3) is 0 Å². The molecule has 0 bridgehead atoms. The van der Waals surface area contributed by atoms with Gasteiger partial charge in [-0.05, 0) is 34.9 Å². The van der Waals surface area contributed by atoms with E-state index in [0.717, 1.165) is 22.6 Å². The van der Waals surface area contributed by atoms with Gasteiger partial charge < -0.3 is 14.2 Å². The molecule has 0 fully saturated rings. The third-order valence-electron chi connectivity index (χ3n) is 5.88. The molecule has 0 spiro atoms. The molecule has 3 aliphatic rings. The topological polar surface area (TPSA) is 44.8 Å². The van der Waals surface area contributed by atoms with Crippen molar-refractivity contribution in [3.8, 4) is 17.2 Å². The summed E-state index contributed by atoms with van der Waals surface area (Å²) in [6.07, 6.45) is 0. The molecule has 4 nitrogen and oxygen atoms in total. The summed E-state index contributed by atoms with van der Waals surface area (Å²) in [5.74, 6) is 1.65. The molecule has 0 amide bonds. The minimum atomic E-state index is -0.280. The molecular weight excluding hydrogens is 340 g/mol. The van der Waals surface area contributed by atoms with Gasteiger partial charge in [0.05, 0.1) is 5.92 Å². The zero-order chi connectivity index (χ0) is 18.0. The Morgan fingerprint density at radius 1 is 0.704 bits per heavy atom. The molecule has 27 heavy (non-hydrogen) atoms. The molecule has 0 aromatic heterocycles. The maximum atomic E-state index is 13.0. The molecule has 0 saturated heterocycles. The summed E-state index contributed by atoms with van der Waals surface area (Å²) in [6, 6.07) is 22.1. The molecule has 0 saturated carbocycles. The highest BCUT2D eigenvalue weighted by Gasteiger charge is 2.50. The minimum Gasteiger partial charge on any atom is -0.454 e. The standard InChI is InChI=1S/C23H16O4/c24-23-22-20(13-9-10-18-19(11-13)26-12-25-18)14-5-1-2-6-15(14)21(22)16-7-3-4-8-17(16)27-23/h1-11,20-22H,12H2/t20-,21-,22+/m0/s1. The van der Waals surface area contributed by atoms with Gasteiger partial charge in [-0.1, -0.05) is 48.5 Å². The number of hydrogen-bond acceptors (Lipinski definition) is 4. The number of benzene rings is 3. The van der Waals surface area contributed by atoms with E-state index in [9.17, 15) is 4.79 Å². The van der Waals surface area contributed by atoms with Crippen molar-refractivity contribution >= 4 is 5.97 Å². The Morgan fingerprint density at radius 3 is 2.26 bits per heavy atom. The molecule has 3 aromatic carbocycles. The van der Waals surface area contributed by atoms with E-state index in [4.69, 9.17) is 14.2 Å². The van der Waals surface area contributed by atoms with Crippen LogP contribution in [0.3, 0.4) is 0 Å². The van der Waals surface area contributed by atoms with Gasteiger partial charge in [-0.3, -0.25) is 4.79 Å². The highest BCUT2D eigenvalue weighted by molar-refractivity contribution is 5.84. The summed E-state index contributed by atoms with van der Waals surface area (Å²) in [5.41, 5.74) is 4.52. The van der Waals surface area contributed by atoms with Crippen LogP contribution >= 0.6 is 0 Å². The number of carbonyl (C=O) groups excluding carboxylic acids is 1. The first kappa shape index (κ1) is 14.9. The lowest BCUT2D eigenvalue weighted by atomic mass is 9.78. The zero-order valence-corrected chi connectivity index (χ0v) is 14.4. The van der Waals surface area contributed by atoms with E-state index >= 15 is 0 Å². The predicted molar refractivity (Wildman–Crippen MR) is 98.3 cm³/mol. The van der Waals surface area contributed by atoms with Crippen molar-refractivity contribution in [1.82, 2.24) is 0 Å². The van der Waals surface area contributed by atoms with Crippen molar-refractivity contribution in [3.05, 3.63) is 89.0 Å². The highest BCUT2D eigenvalue weighted by Crippen LogP contribution is 2.57. The minimum absolute atomic E-state index is 0.00840. The van der Waals surface area contributed by atoms with Crippen LogP contribution < -0.4 is 14.2 Å². The number of esters is 1. The molecule has 0 radical (unpaired) electrons. The van der Waals surface area contributed by atoms with Crippen LogP contribution in [0.5, 0.6) is 17.2 Å². The van der Waals surface area contributed by atoms with Crippen molar-refractivity contribution in [1.29, 1.82) is 0 Å². The number of rotatable bonds is 1.